The monoisotopic (exact) mass is 337 g/mol. The first-order chi connectivity index (χ1) is 10.6. The highest BCUT2D eigenvalue weighted by molar-refractivity contribution is 6.42. The lowest BCUT2D eigenvalue weighted by Crippen LogP contribution is -2.27. The Hall–Kier alpha value is -1.55. The molecule has 0 bridgehead atoms. The van der Waals surface area contributed by atoms with E-state index in [4.69, 9.17) is 23.2 Å². The zero-order chi connectivity index (χ0) is 15.9. The van der Waals surface area contributed by atoms with Crippen LogP contribution in [0, 0.1) is 0 Å². The molecule has 3 nitrogen and oxygen atoms in total. The fraction of sp³-hybridized carbons (Fsp3) is 0.235. The minimum Gasteiger partial charge on any atom is -0.388 e. The molecule has 0 fully saturated rings. The fourth-order valence-electron chi connectivity index (χ4n) is 2.09. The van der Waals surface area contributed by atoms with Crippen LogP contribution in [0.5, 0.6) is 0 Å². The number of hydrogen-bond donors (Lipinski definition) is 2. The van der Waals surface area contributed by atoms with Gasteiger partial charge in [-0.3, -0.25) is 4.79 Å². The van der Waals surface area contributed by atoms with Crippen molar-refractivity contribution in [2.45, 2.75) is 18.9 Å². The van der Waals surface area contributed by atoms with E-state index in [1.807, 2.05) is 30.3 Å². The lowest BCUT2D eigenvalue weighted by Gasteiger charge is -2.11. The Bertz CT molecular complexity index is 632. The van der Waals surface area contributed by atoms with E-state index in [9.17, 15) is 9.90 Å². The molecule has 0 radical (unpaired) electrons. The van der Waals surface area contributed by atoms with Crippen LogP contribution in [0.15, 0.2) is 48.5 Å². The molecule has 2 N–H and O–H groups in total. The van der Waals surface area contributed by atoms with Gasteiger partial charge in [0.05, 0.1) is 22.6 Å². The van der Waals surface area contributed by atoms with E-state index in [2.05, 4.69) is 5.32 Å². The van der Waals surface area contributed by atoms with Gasteiger partial charge in [-0.05, 0) is 29.7 Å². The van der Waals surface area contributed by atoms with Crippen LogP contribution in [0.4, 0.5) is 0 Å². The van der Waals surface area contributed by atoms with Crippen molar-refractivity contribution in [3.05, 3.63) is 69.7 Å². The molecular formula is C17H17Cl2NO2. The van der Waals surface area contributed by atoms with Crippen molar-refractivity contribution < 1.29 is 9.90 Å². The summed E-state index contributed by atoms with van der Waals surface area (Å²) in [6.45, 7) is 0.413. The van der Waals surface area contributed by atoms with Crippen molar-refractivity contribution in [2.75, 3.05) is 6.54 Å². The lowest BCUT2D eigenvalue weighted by atomic mass is 10.1. The average Bonchev–Trinajstić information content (AvgIpc) is 2.51. The number of carbonyl (C=O) groups excluding carboxylic acids is 1. The summed E-state index contributed by atoms with van der Waals surface area (Å²) in [5.74, 6) is -0.112. The van der Waals surface area contributed by atoms with Crippen molar-refractivity contribution in [1.82, 2.24) is 5.32 Å². The molecule has 0 aromatic heterocycles. The zero-order valence-electron chi connectivity index (χ0n) is 11.9. The van der Waals surface area contributed by atoms with Crippen LogP contribution in [-0.2, 0) is 11.2 Å². The third kappa shape index (κ3) is 5.02. The first kappa shape index (κ1) is 16.8. The van der Waals surface area contributed by atoms with Crippen LogP contribution in [0.2, 0.25) is 10.0 Å². The molecule has 22 heavy (non-hydrogen) atoms. The smallest absolute Gasteiger partial charge is 0.224 e. The van der Waals surface area contributed by atoms with Gasteiger partial charge >= 0.3 is 0 Å². The summed E-state index contributed by atoms with van der Waals surface area (Å²) >= 11 is 11.7. The predicted octanol–water partition coefficient (Wildman–Crippen LogP) is 3.78. The highest BCUT2D eigenvalue weighted by Gasteiger charge is 2.09. The van der Waals surface area contributed by atoms with Crippen LogP contribution < -0.4 is 5.32 Å². The van der Waals surface area contributed by atoms with E-state index in [1.54, 1.807) is 18.2 Å². The van der Waals surface area contributed by atoms with Crippen molar-refractivity contribution in [3.63, 3.8) is 0 Å². The number of rotatable bonds is 6. The van der Waals surface area contributed by atoms with E-state index >= 15 is 0 Å². The quantitative estimate of drug-likeness (QED) is 0.842. The topological polar surface area (TPSA) is 49.3 Å². The Morgan fingerprint density at radius 2 is 1.82 bits per heavy atom. The Morgan fingerprint density at radius 3 is 2.50 bits per heavy atom. The lowest BCUT2D eigenvalue weighted by molar-refractivity contribution is -0.120. The molecule has 1 atom stereocenters. The largest absolute Gasteiger partial charge is 0.388 e. The van der Waals surface area contributed by atoms with Gasteiger partial charge in [-0.25, -0.2) is 0 Å². The number of benzene rings is 2. The van der Waals surface area contributed by atoms with E-state index in [0.717, 1.165) is 11.1 Å². The molecule has 0 saturated carbocycles. The summed E-state index contributed by atoms with van der Waals surface area (Å²) in [6, 6.07) is 14.5. The number of hydrogen-bond acceptors (Lipinski definition) is 2. The highest BCUT2D eigenvalue weighted by atomic mass is 35.5. The molecule has 5 heteroatoms. The second kappa shape index (κ2) is 8.18. The van der Waals surface area contributed by atoms with Gasteiger partial charge in [-0.2, -0.15) is 0 Å². The molecule has 2 aromatic rings. The third-order valence-corrected chi connectivity index (χ3v) is 4.01. The molecule has 1 unspecified atom stereocenters. The summed E-state index contributed by atoms with van der Waals surface area (Å²) in [6.07, 6.45) is 0.126. The molecule has 0 aliphatic heterocycles. The molecule has 0 aliphatic carbocycles. The van der Waals surface area contributed by atoms with Crippen LogP contribution in [-0.4, -0.2) is 17.6 Å². The van der Waals surface area contributed by atoms with Gasteiger partial charge in [-0.15, -0.1) is 0 Å². The molecule has 0 saturated heterocycles. The standard InChI is InChI=1S/C17H17Cl2NO2/c18-14-7-6-12(10-15(14)19)11-17(22)20-9-8-16(21)13-4-2-1-3-5-13/h1-7,10,16,21H,8-9,11H2,(H,20,22). The Balaban J connectivity index is 1.77. The summed E-state index contributed by atoms with van der Waals surface area (Å²) in [5, 5.41) is 13.7. The minimum absolute atomic E-state index is 0.112. The second-order valence-corrected chi connectivity index (χ2v) is 5.80. The summed E-state index contributed by atoms with van der Waals surface area (Å²) in [5.41, 5.74) is 1.65. The molecule has 2 rings (SSSR count). The zero-order valence-corrected chi connectivity index (χ0v) is 13.4. The molecule has 116 valence electrons. The van der Waals surface area contributed by atoms with E-state index in [1.165, 1.54) is 0 Å². The summed E-state index contributed by atoms with van der Waals surface area (Å²) in [7, 11) is 0. The molecule has 0 spiro atoms. The maximum absolute atomic E-state index is 11.9. The number of nitrogens with one attached hydrogen (secondary N) is 1. The Morgan fingerprint density at radius 1 is 1.09 bits per heavy atom. The highest BCUT2D eigenvalue weighted by Crippen LogP contribution is 2.22. The van der Waals surface area contributed by atoms with Gasteiger partial charge in [0.2, 0.25) is 5.91 Å². The molecule has 0 aliphatic rings. The van der Waals surface area contributed by atoms with Crippen LogP contribution >= 0.6 is 23.2 Å². The second-order valence-electron chi connectivity index (χ2n) is 4.99. The third-order valence-electron chi connectivity index (χ3n) is 3.27. The maximum Gasteiger partial charge on any atom is 0.224 e. The normalized spacial score (nSPS) is 12.0. The Labute approximate surface area is 139 Å². The van der Waals surface area contributed by atoms with Gasteiger partial charge in [0.1, 0.15) is 0 Å². The SMILES string of the molecule is O=C(Cc1ccc(Cl)c(Cl)c1)NCCC(O)c1ccccc1. The minimum atomic E-state index is -0.577. The van der Waals surface area contributed by atoms with Crippen LogP contribution in [0.3, 0.4) is 0 Å². The number of aliphatic hydroxyl groups excluding tert-OH is 1. The number of halogens is 2. The first-order valence-corrected chi connectivity index (χ1v) is 7.75. The number of carbonyl (C=O) groups is 1. The molecule has 1 amide bonds. The van der Waals surface area contributed by atoms with E-state index in [-0.39, 0.29) is 12.3 Å². The summed E-state index contributed by atoms with van der Waals surface area (Å²) < 4.78 is 0. The molecule has 0 heterocycles. The van der Waals surface area contributed by atoms with Gasteiger partial charge < -0.3 is 10.4 Å². The van der Waals surface area contributed by atoms with Crippen LogP contribution in [0.1, 0.15) is 23.7 Å². The van der Waals surface area contributed by atoms with Crippen LogP contribution in [0.25, 0.3) is 0 Å². The van der Waals surface area contributed by atoms with Crippen molar-refractivity contribution in [2.24, 2.45) is 0 Å². The predicted molar refractivity (Wildman–Crippen MR) is 89.2 cm³/mol. The van der Waals surface area contributed by atoms with Gasteiger partial charge in [0.15, 0.2) is 0 Å². The molecule has 2 aromatic carbocycles. The van der Waals surface area contributed by atoms with Gasteiger partial charge in [0, 0.05) is 6.54 Å². The van der Waals surface area contributed by atoms with E-state index < -0.39 is 6.10 Å². The number of aliphatic hydroxyl groups is 1. The van der Waals surface area contributed by atoms with Gasteiger partial charge in [-0.1, -0.05) is 59.6 Å². The number of amides is 1. The molecular weight excluding hydrogens is 321 g/mol. The Kier molecular flexibility index (Phi) is 6.25. The van der Waals surface area contributed by atoms with E-state index in [0.29, 0.717) is 23.0 Å². The fourth-order valence-corrected chi connectivity index (χ4v) is 2.41. The van der Waals surface area contributed by atoms with Crippen molar-refractivity contribution in [1.29, 1.82) is 0 Å². The average molecular weight is 338 g/mol. The van der Waals surface area contributed by atoms with Crippen molar-refractivity contribution in [3.8, 4) is 0 Å². The van der Waals surface area contributed by atoms with Gasteiger partial charge in [0.25, 0.3) is 0 Å². The van der Waals surface area contributed by atoms with Crippen molar-refractivity contribution >= 4 is 29.1 Å². The first-order valence-electron chi connectivity index (χ1n) is 7.00. The summed E-state index contributed by atoms with van der Waals surface area (Å²) in [4.78, 5) is 11.9. The maximum atomic E-state index is 11.9.